The molecule has 0 aliphatic heterocycles. The first-order chi connectivity index (χ1) is 12.9. The topological polar surface area (TPSA) is 133 Å². The van der Waals surface area contributed by atoms with Crippen LogP contribution in [-0.2, 0) is 4.79 Å². The van der Waals surface area contributed by atoms with Gasteiger partial charge in [0.2, 0.25) is 0 Å². The summed E-state index contributed by atoms with van der Waals surface area (Å²) in [6.45, 7) is 0. The average Bonchev–Trinajstić information content (AvgIpc) is 2.58. The number of amides is 1. The summed E-state index contributed by atoms with van der Waals surface area (Å²) in [4.78, 5) is 15.3. The maximum atomic E-state index is 11.5. The number of amidine groups is 1. The molecule has 138 valence electrons. The molecule has 0 spiro atoms. The van der Waals surface area contributed by atoms with Crippen LogP contribution in [0.5, 0.6) is 0 Å². The quantitative estimate of drug-likeness (QED) is 0.321. The number of fused-ring (bicyclic) bond motifs is 1. The molecule has 1 heterocycles. The summed E-state index contributed by atoms with van der Waals surface area (Å²) < 4.78 is 0. The molecule has 0 atom stereocenters. The van der Waals surface area contributed by atoms with E-state index in [9.17, 15) is 4.79 Å². The zero-order valence-corrected chi connectivity index (χ0v) is 15.5. The highest BCUT2D eigenvalue weighted by atomic mass is 35.5. The summed E-state index contributed by atoms with van der Waals surface area (Å²) in [6.07, 6.45) is 5.33. The molecule has 1 aromatic carbocycles. The number of aromatic nitrogens is 2. The highest BCUT2D eigenvalue weighted by Crippen LogP contribution is 2.39. The third kappa shape index (κ3) is 3.71. The summed E-state index contributed by atoms with van der Waals surface area (Å²) in [7, 11) is 1.43. The molecular weight excluding hydrogens is 364 g/mol. The molecule has 1 aliphatic rings. The maximum Gasteiger partial charge on any atom is 0.255 e. The molecule has 0 saturated heterocycles. The lowest BCUT2D eigenvalue weighted by Gasteiger charge is -2.26. The van der Waals surface area contributed by atoms with Gasteiger partial charge in [-0.1, -0.05) is 23.9 Å². The largest absolute Gasteiger partial charge is 0.391 e. The first-order valence-electron chi connectivity index (χ1n) is 8.41. The van der Waals surface area contributed by atoms with Crippen molar-refractivity contribution in [1.29, 1.82) is 0 Å². The number of halogens is 1. The third-order valence-electron chi connectivity index (χ3n) is 4.65. The van der Waals surface area contributed by atoms with E-state index in [1.54, 1.807) is 12.3 Å². The molecule has 1 saturated carbocycles. The Kier molecular flexibility index (Phi) is 5.28. The first kappa shape index (κ1) is 18.7. The van der Waals surface area contributed by atoms with Gasteiger partial charge in [0.1, 0.15) is 11.4 Å². The summed E-state index contributed by atoms with van der Waals surface area (Å²) in [5.74, 6) is 5.15. The number of aliphatic imine (C=N–C) groups is 1. The van der Waals surface area contributed by atoms with Crippen LogP contribution in [0.3, 0.4) is 0 Å². The lowest BCUT2D eigenvalue weighted by Crippen LogP contribution is -2.29. The predicted molar refractivity (Wildman–Crippen MR) is 106 cm³/mol. The summed E-state index contributed by atoms with van der Waals surface area (Å²) in [5, 5.41) is 9.73. The molecule has 0 radical (unpaired) electrons. The van der Waals surface area contributed by atoms with Crippen LogP contribution >= 0.6 is 11.6 Å². The second kappa shape index (κ2) is 7.64. The van der Waals surface area contributed by atoms with Crippen LogP contribution in [0.15, 0.2) is 34.6 Å². The number of carbonyl (C=O) groups excluding carboxylic acids is 1. The predicted octanol–water partition coefficient (Wildman–Crippen LogP) is 1.59. The summed E-state index contributed by atoms with van der Waals surface area (Å²) >= 11 is 6.41. The van der Waals surface area contributed by atoms with Crippen molar-refractivity contribution < 1.29 is 4.79 Å². The Morgan fingerprint density at radius 2 is 2.04 bits per heavy atom. The van der Waals surface area contributed by atoms with Crippen LogP contribution in [0.2, 0.25) is 5.02 Å². The van der Waals surface area contributed by atoms with Gasteiger partial charge in [-0.05, 0) is 42.4 Å². The number of nitrogens with two attached hydrogens (primary N) is 3. The standard InChI is InChI=1S/C19H19ClN6O/c1-24-18(22)17(19(23)27)15(21)6-5-11-7-16-12(8-14(11)20)13(9-25-26-16)10-3-2-4-10/h7-10H,2-4,21H2,1H3,(H2,22,24)(H2,23,27). The van der Waals surface area contributed by atoms with Gasteiger partial charge < -0.3 is 17.2 Å². The van der Waals surface area contributed by atoms with Crippen LogP contribution < -0.4 is 17.2 Å². The third-order valence-corrected chi connectivity index (χ3v) is 4.96. The zero-order valence-electron chi connectivity index (χ0n) is 14.8. The van der Waals surface area contributed by atoms with Crippen molar-refractivity contribution in [2.45, 2.75) is 25.2 Å². The fourth-order valence-corrected chi connectivity index (χ4v) is 3.16. The number of nitrogens with zero attached hydrogens (tertiary/aromatic N) is 3. The van der Waals surface area contributed by atoms with Gasteiger partial charge in [-0.25, -0.2) is 0 Å². The van der Waals surface area contributed by atoms with Gasteiger partial charge in [0, 0.05) is 18.0 Å². The molecule has 7 nitrogen and oxygen atoms in total. The molecule has 8 heteroatoms. The Bertz CT molecular complexity index is 1040. The van der Waals surface area contributed by atoms with E-state index >= 15 is 0 Å². The first-order valence-corrected chi connectivity index (χ1v) is 8.79. The molecule has 27 heavy (non-hydrogen) atoms. The second-order valence-electron chi connectivity index (χ2n) is 6.29. The number of hydrogen-bond donors (Lipinski definition) is 3. The molecule has 1 amide bonds. The molecule has 6 N–H and O–H groups in total. The molecule has 0 bridgehead atoms. The molecule has 0 unspecified atom stereocenters. The van der Waals surface area contributed by atoms with Gasteiger partial charge in [0.25, 0.3) is 5.91 Å². The maximum absolute atomic E-state index is 11.5. The van der Waals surface area contributed by atoms with E-state index < -0.39 is 5.91 Å². The van der Waals surface area contributed by atoms with E-state index in [1.165, 1.54) is 13.5 Å². The number of hydrogen-bond acceptors (Lipinski definition) is 5. The van der Waals surface area contributed by atoms with Gasteiger partial charge in [-0.3, -0.25) is 9.79 Å². The Morgan fingerprint density at radius 3 is 2.63 bits per heavy atom. The lowest BCUT2D eigenvalue weighted by atomic mass is 9.79. The van der Waals surface area contributed by atoms with Crippen LogP contribution in [0.25, 0.3) is 10.9 Å². The number of primary amides is 1. The summed E-state index contributed by atoms with van der Waals surface area (Å²) in [6, 6.07) is 3.61. The van der Waals surface area contributed by atoms with Crippen molar-refractivity contribution in [3.8, 4) is 11.8 Å². The second-order valence-corrected chi connectivity index (χ2v) is 6.70. The van der Waals surface area contributed by atoms with Crippen molar-refractivity contribution in [3.05, 3.63) is 45.7 Å². The van der Waals surface area contributed by atoms with E-state index in [2.05, 4.69) is 27.0 Å². The van der Waals surface area contributed by atoms with Crippen molar-refractivity contribution in [1.82, 2.24) is 10.2 Å². The van der Waals surface area contributed by atoms with Crippen molar-refractivity contribution in [2.75, 3.05) is 7.05 Å². The average molecular weight is 383 g/mol. The fourth-order valence-electron chi connectivity index (χ4n) is 2.94. The number of carbonyl (C=O) groups is 1. The van der Waals surface area contributed by atoms with Gasteiger partial charge in [0.15, 0.2) is 0 Å². The summed E-state index contributed by atoms with van der Waals surface area (Å²) in [5.41, 5.74) is 19.0. The minimum absolute atomic E-state index is 0.0731. The van der Waals surface area contributed by atoms with Gasteiger partial charge in [0.05, 0.1) is 22.4 Å². The number of allylic oxidation sites excluding steroid dienone is 1. The molecule has 1 aliphatic carbocycles. The Labute approximate surface area is 161 Å². The Hall–Kier alpha value is -3.11. The van der Waals surface area contributed by atoms with Crippen molar-refractivity contribution in [2.24, 2.45) is 22.2 Å². The van der Waals surface area contributed by atoms with Crippen LogP contribution in [-0.4, -0.2) is 29.0 Å². The smallest absolute Gasteiger partial charge is 0.255 e. The number of rotatable bonds is 3. The molecule has 1 aromatic heterocycles. The van der Waals surface area contributed by atoms with Gasteiger partial charge >= 0.3 is 0 Å². The normalized spacial score (nSPS) is 15.6. The fraction of sp³-hybridized carbons (Fsp3) is 0.263. The zero-order chi connectivity index (χ0) is 19.6. The van der Waals surface area contributed by atoms with Crippen molar-refractivity contribution >= 4 is 34.2 Å². The molecule has 3 rings (SSSR count). The Morgan fingerprint density at radius 1 is 1.30 bits per heavy atom. The van der Waals surface area contributed by atoms with E-state index in [1.807, 2.05) is 6.07 Å². The van der Waals surface area contributed by atoms with E-state index in [0.717, 1.165) is 23.8 Å². The lowest BCUT2D eigenvalue weighted by molar-refractivity contribution is -0.114. The minimum atomic E-state index is -0.800. The van der Waals surface area contributed by atoms with Crippen LogP contribution in [0, 0.1) is 11.8 Å². The van der Waals surface area contributed by atoms with E-state index in [4.69, 9.17) is 28.8 Å². The monoisotopic (exact) mass is 382 g/mol. The van der Waals surface area contributed by atoms with Gasteiger partial charge in [-0.15, -0.1) is 0 Å². The van der Waals surface area contributed by atoms with Crippen LogP contribution in [0.1, 0.15) is 36.3 Å². The van der Waals surface area contributed by atoms with Crippen LogP contribution in [0.4, 0.5) is 0 Å². The molecular formula is C19H19ClN6O. The Balaban J connectivity index is 2.05. The highest BCUT2D eigenvalue weighted by Gasteiger charge is 2.22. The number of benzene rings is 1. The van der Waals surface area contributed by atoms with Crippen molar-refractivity contribution in [3.63, 3.8) is 0 Å². The molecule has 1 fully saturated rings. The molecule has 2 aromatic rings. The highest BCUT2D eigenvalue weighted by molar-refractivity contribution is 6.32. The minimum Gasteiger partial charge on any atom is -0.391 e. The van der Waals surface area contributed by atoms with E-state index in [0.29, 0.717) is 22.0 Å². The van der Waals surface area contributed by atoms with Gasteiger partial charge in [-0.2, -0.15) is 10.2 Å². The van der Waals surface area contributed by atoms with E-state index in [-0.39, 0.29) is 17.1 Å². The SMILES string of the molecule is CN=C(N)C(C(N)=O)=C(N)C#Cc1cc2nncc(C3CCC3)c2cc1Cl.